The van der Waals surface area contributed by atoms with Crippen molar-refractivity contribution in [3.05, 3.63) is 83.7 Å². The van der Waals surface area contributed by atoms with Crippen LogP contribution in [0.4, 0.5) is 19.0 Å². The molecule has 0 aliphatic carbocycles. The number of hydrogen-bond acceptors (Lipinski definition) is 7. The van der Waals surface area contributed by atoms with E-state index in [4.69, 9.17) is 0 Å². The van der Waals surface area contributed by atoms with Crippen LogP contribution in [-0.4, -0.2) is 68.9 Å². The van der Waals surface area contributed by atoms with Crippen molar-refractivity contribution in [3.8, 4) is 5.75 Å². The summed E-state index contributed by atoms with van der Waals surface area (Å²) in [7, 11) is 0. The number of alkyl halides is 1. The smallest absolute Gasteiger partial charge is 0.271 e. The van der Waals surface area contributed by atoms with Crippen LogP contribution < -0.4 is 10.2 Å². The van der Waals surface area contributed by atoms with Gasteiger partial charge in [-0.1, -0.05) is 12.1 Å². The van der Waals surface area contributed by atoms with Crippen LogP contribution in [0, 0.1) is 11.6 Å². The fourth-order valence-corrected chi connectivity index (χ4v) is 5.21. The molecule has 2 fully saturated rings. The summed E-state index contributed by atoms with van der Waals surface area (Å²) < 4.78 is 40.5. The third-order valence-electron chi connectivity index (χ3n) is 7.18. The summed E-state index contributed by atoms with van der Waals surface area (Å²) >= 11 is 3.91. The summed E-state index contributed by atoms with van der Waals surface area (Å²) in [6.45, 7) is 3.08. The zero-order chi connectivity index (χ0) is 28.9. The van der Waals surface area contributed by atoms with Crippen LogP contribution in [0.2, 0.25) is 0 Å². The Bertz CT molecular complexity index is 1490. The number of carbonyl (C=O) groups is 1. The molecule has 2 aliphatic rings. The number of thiol groups is 1. The maximum absolute atomic E-state index is 13.6. The van der Waals surface area contributed by atoms with Crippen molar-refractivity contribution in [1.29, 1.82) is 0 Å². The molecule has 4 heterocycles. The second-order valence-electron chi connectivity index (χ2n) is 10.2. The van der Waals surface area contributed by atoms with Gasteiger partial charge in [0.1, 0.15) is 17.8 Å². The number of aromatic nitrogens is 3. The number of amides is 1. The number of phenols is 1. The molecule has 1 unspecified atom stereocenters. The minimum absolute atomic E-state index is 0.0231. The molecule has 12 heteroatoms. The minimum Gasteiger partial charge on any atom is -0.505 e. The topological polar surface area (TPSA) is 86.0 Å². The number of nitrogens with zero attached hydrogens (tertiary/aromatic N) is 5. The second-order valence-corrected chi connectivity index (χ2v) is 10.7. The number of halogens is 3. The van der Waals surface area contributed by atoms with Gasteiger partial charge in [0.05, 0.1) is 12.7 Å². The molecule has 8 nitrogen and oxygen atoms in total. The molecule has 4 aromatic rings. The lowest BCUT2D eigenvalue weighted by atomic mass is 10.0. The van der Waals surface area contributed by atoms with Gasteiger partial charge in [0.15, 0.2) is 22.9 Å². The van der Waals surface area contributed by atoms with E-state index < -0.39 is 12.0 Å². The lowest BCUT2D eigenvalue weighted by Crippen LogP contribution is -2.44. The molecule has 1 atom stereocenters. The van der Waals surface area contributed by atoms with Crippen molar-refractivity contribution in [1.82, 2.24) is 24.8 Å². The molecule has 2 saturated heterocycles. The number of piperidine rings is 1. The summed E-state index contributed by atoms with van der Waals surface area (Å²) in [5.74, 6) is -0.805. The van der Waals surface area contributed by atoms with Crippen molar-refractivity contribution in [2.75, 3.05) is 31.1 Å². The van der Waals surface area contributed by atoms with Crippen LogP contribution in [0.3, 0.4) is 0 Å². The number of benzene rings is 2. The van der Waals surface area contributed by atoms with Crippen molar-refractivity contribution in [2.45, 2.75) is 42.9 Å². The van der Waals surface area contributed by atoms with Crippen LogP contribution in [0.5, 0.6) is 5.75 Å². The van der Waals surface area contributed by atoms with Crippen molar-refractivity contribution < 1.29 is 23.1 Å². The van der Waals surface area contributed by atoms with Crippen LogP contribution in [0.25, 0.3) is 5.65 Å². The fraction of sp³-hybridized carbons (Fsp3) is 0.345. The highest BCUT2D eigenvalue weighted by atomic mass is 32.1. The first-order chi connectivity index (χ1) is 19.7. The van der Waals surface area contributed by atoms with E-state index in [1.165, 1.54) is 35.0 Å². The monoisotopic (exact) mass is 584 g/mol. The molecular weight excluding hydrogens is 553 g/mol. The predicted octanol–water partition coefficient (Wildman–Crippen LogP) is 4.63. The summed E-state index contributed by atoms with van der Waals surface area (Å²) in [5, 5.41) is 17.2. The largest absolute Gasteiger partial charge is 0.505 e. The van der Waals surface area contributed by atoms with Gasteiger partial charge >= 0.3 is 0 Å². The molecule has 6 rings (SSSR count). The fourth-order valence-electron chi connectivity index (χ4n) is 5.00. The highest BCUT2D eigenvalue weighted by Gasteiger charge is 2.25. The number of fused-ring (bicyclic) bond motifs is 1. The van der Waals surface area contributed by atoms with Gasteiger partial charge < -0.3 is 15.3 Å². The first kappa shape index (κ1) is 28.7. The lowest BCUT2D eigenvalue weighted by molar-refractivity contribution is 0.0901. The minimum atomic E-state index is -0.854. The second kappa shape index (κ2) is 12.8. The zero-order valence-electron chi connectivity index (χ0n) is 22.3. The van der Waals surface area contributed by atoms with Gasteiger partial charge in [0.25, 0.3) is 5.91 Å². The van der Waals surface area contributed by atoms with Gasteiger partial charge in [-0.05, 0) is 67.3 Å². The summed E-state index contributed by atoms with van der Waals surface area (Å²) in [6, 6.07) is 14.1. The van der Waals surface area contributed by atoms with Gasteiger partial charge in [-0.15, -0.1) is 17.7 Å². The Kier molecular flexibility index (Phi) is 8.99. The maximum atomic E-state index is 13.6. The van der Waals surface area contributed by atoms with E-state index in [1.807, 2.05) is 4.90 Å². The molecule has 1 amide bonds. The average molecular weight is 585 g/mol. The molecule has 0 spiro atoms. The Balaban J connectivity index is 0.000000365. The van der Waals surface area contributed by atoms with E-state index in [0.29, 0.717) is 48.1 Å². The Morgan fingerprint density at radius 2 is 1.85 bits per heavy atom. The van der Waals surface area contributed by atoms with Crippen molar-refractivity contribution >= 4 is 30.0 Å². The van der Waals surface area contributed by atoms with Gasteiger partial charge in [-0.2, -0.15) is 0 Å². The number of carbonyl (C=O) groups excluding carboxylic acids is 1. The van der Waals surface area contributed by atoms with Crippen LogP contribution >= 0.6 is 12.6 Å². The van der Waals surface area contributed by atoms with E-state index in [9.17, 15) is 23.1 Å². The number of hydrogen-bond donors (Lipinski definition) is 3. The quantitative estimate of drug-likeness (QED) is 0.297. The summed E-state index contributed by atoms with van der Waals surface area (Å²) in [4.78, 5) is 22.0. The molecule has 216 valence electrons. The SMILES string of the molecule is Fc1cccc(S)c1.O=C(NC1CCN(Cc2ccc(F)c(O)c2)CC1)c1cnc2ccc(N3CCC(F)C3)nn12. The van der Waals surface area contributed by atoms with Crippen LogP contribution in [-0.2, 0) is 6.54 Å². The number of anilines is 1. The molecule has 0 saturated carbocycles. The number of likely N-dealkylation sites (tertiary alicyclic amines) is 1. The molecule has 2 aromatic heterocycles. The molecule has 0 bridgehead atoms. The molecule has 2 N–H and O–H groups in total. The molecular formula is C29H31F3N6O2S. The first-order valence-corrected chi connectivity index (χ1v) is 13.9. The van der Waals surface area contributed by atoms with E-state index >= 15 is 0 Å². The van der Waals surface area contributed by atoms with E-state index in [0.717, 1.165) is 31.5 Å². The molecule has 41 heavy (non-hydrogen) atoms. The number of imidazole rings is 1. The van der Waals surface area contributed by atoms with Crippen LogP contribution in [0.15, 0.2) is 65.7 Å². The van der Waals surface area contributed by atoms with Crippen molar-refractivity contribution in [2.24, 2.45) is 0 Å². The number of phenolic OH excluding ortho intramolecular Hbond substituents is 1. The van der Waals surface area contributed by atoms with Gasteiger partial charge in [0, 0.05) is 37.1 Å². The number of rotatable bonds is 5. The normalized spacial score (nSPS) is 17.9. The highest BCUT2D eigenvalue weighted by Crippen LogP contribution is 2.22. The van der Waals surface area contributed by atoms with E-state index in [-0.39, 0.29) is 23.5 Å². The first-order valence-electron chi connectivity index (χ1n) is 13.4. The maximum Gasteiger partial charge on any atom is 0.271 e. The average Bonchev–Trinajstić information content (AvgIpc) is 3.58. The Labute approximate surface area is 241 Å². The Morgan fingerprint density at radius 1 is 1.05 bits per heavy atom. The lowest BCUT2D eigenvalue weighted by Gasteiger charge is -2.32. The standard InChI is InChI=1S/C23H26F2N6O2.C6H5FS/c24-16-5-10-30(14-16)22-4-3-21-26-12-19(31(21)28-22)23(33)27-17-6-8-29(9-7-17)13-15-1-2-18(25)20(32)11-15;7-5-2-1-3-6(8)4-5/h1-4,11-12,16-17,32H,5-10,13-14H2,(H,27,33);1-4,8H. The van der Waals surface area contributed by atoms with Gasteiger partial charge in [0.2, 0.25) is 0 Å². The third-order valence-corrected chi connectivity index (χ3v) is 7.46. The number of aromatic hydroxyl groups is 1. The number of nitrogens with one attached hydrogen (secondary N) is 1. The highest BCUT2D eigenvalue weighted by molar-refractivity contribution is 7.80. The van der Waals surface area contributed by atoms with Gasteiger partial charge in [-0.3, -0.25) is 9.69 Å². The van der Waals surface area contributed by atoms with E-state index in [1.54, 1.807) is 30.3 Å². The summed E-state index contributed by atoms with van der Waals surface area (Å²) in [6.07, 6.45) is 2.70. The third kappa shape index (κ3) is 7.31. The predicted molar refractivity (Wildman–Crippen MR) is 152 cm³/mol. The van der Waals surface area contributed by atoms with Crippen LogP contribution in [0.1, 0.15) is 35.3 Å². The Morgan fingerprint density at radius 3 is 2.51 bits per heavy atom. The summed E-state index contributed by atoms with van der Waals surface area (Å²) in [5.41, 5.74) is 1.77. The molecule has 0 radical (unpaired) electrons. The zero-order valence-corrected chi connectivity index (χ0v) is 23.2. The van der Waals surface area contributed by atoms with Crippen molar-refractivity contribution in [3.63, 3.8) is 0 Å². The Hall–Kier alpha value is -3.77. The molecule has 2 aliphatic heterocycles. The van der Waals surface area contributed by atoms with Gasteiger partial charge in [-0.25, -0.2) is 22.7 Å². The molecule has 2 aromatic carbocycles. The van der Waals surface area contributed by atoms with E-state index in [2.05, 4.69) is 32.9 Å².